The minimum atomic E-state index is -0.917. The lowest BCUT2D eigenvalue weighted by molar-refractivity contribution is 0.0696. The van der Waals surface area contributed by atoms with Crippen LogP contribution >= 0.6 is 0 Å². The van der Waals surface area contributed by atoms with Crippen molar-refractivity contribution in [1.82, 2.24) is 14.9 Å². The number of hydrogen-bond donors (Lipinski definition) is 1. The summed E-state index contributed by atoms with van der Waals surface area (Å²) in [6, 6.07) is 12.4. The van der Waals surface area contributed by atoms with E-state index in [1.54, 1.807) is 42.7 Å². The number of nitrogens with zero attached hydrogens (tertiary/aromatic N) is 3. The Morgan fingerprint density at radius 3 is 2.67 bits per heavy atom. The number of likely N-dealkylation sites (tertiary alicyclic amines) is 1. The highest BCUT2D eigenvalue weighted by atomic mass is 16.4. The van der Waals surface area contributed by atoms with E-state index in [2.05, 4.69) is 9.97 Å². The first-order chi connectivity index (χ1) is 13.1. The van der Waals surface area contributed by atoms with Crippen molar-refractivity contribution in [1.29, 1.82) is 0 Å². The summed E-state index contributed by atoms with van der Waals surface area (Å²) in [5.74, 6) is -0.581. The number of carbonyl (C=O) groups excluding carboxylic acids is 1. The van der Waals surface area contributed by atoms with Crippen LogP contribution in [-0.2, 0) is 6.42 Å². The molecule has 0 saturated carbocycles. The van der Waals surface area contributed by atoms with Gasteiger partial charge in [-0.3, -0.25) is 14.8 Å². The Kier molecular flexibility index (Phi) is 4.54. The molecule has 1 fully saturated rings. The van der Waals surface area contributed by atoms with Gasteiger partial charge in [-0.15, -0.1) is 0 Å². The first kappa shape index (κ1) is 17.1. The number of rotatable bonds is 4. The average molecular weight is 361 g/mol. The van der Waals surface area contributed by atoms with Gasteiger partial charge in [-0.1, -0.05) is 12.1 Å². The highest BCUT2D eigenvalue weighted by molar-refractivity contribution is 5.97. The van der Waals surface area contributed by atoms with Gasteiger partial charge < -0.3 is 10.0 Å². The van der Waals surface area contributed by atoms with E-state index in [0.717, 1.165) is 23.9 Å². The number of amides is 1. The Labute approximate surface area is 156 Å². The van der Waals surface area contributed by atoms with E-state index < -0.39 is 5.97 Å². The van der Waals surface area contributed by atoms with Crippen molar-refractivity contribution in [3.63, 3.8) is 0 Å². The number of benzene rings is 2. The zero-order valence-corrected chi connectivity index (χ0v) is 14.7. The van der Waals surface area contributed by atoms with Crippen molar-refractivity contribution in [2.75, 3.05) is 13.1 Å². The Morgan fingerprint density at radius 2 is 1.85 bits per heavy atom. The number of carbonyl (C=O) groups is 2. The van der Waals surface area contributed by atoms with Crippen molar-refractivity contribution in [3.05, 3.63) is 71.5 Å². The summed E-state index contributed by atoms with van der Waals surface area (Å²) in [6.07, 6.45) is 4.94. The molecule has 27 heavy (non-hydrogen) atoms. The van der Waals surface area contributed by atoms with Gasteiger partial charge in [-0.05, 0) is 54.7 Å². The van der Waals surface area contributed by atoms with E-state index in [1.165, 1.54) is 0 Å². The second kappa shape index (κ2) is 7.15. The molecule has 136 valence electrons. The zero-order chi connectivity index (χ0) is 18.8. The normalized spacial score (nSPS) is 16.6. The van der Waals surface area contributed by atoms with Crippen LogP contribution in [0.4, 0.5) is 0 Å². The second-order valence-corrected chi connectivity index (χ2v) is 6.88. The summed E-state index contributed by atoms with van der Waals surface area (Å²) in [4.78, 5) is 34.3. The number of carboxylic acid groups (broad SMARTS) is 1. The molecular weight excluding hydrogens is 342 g/mol. The smallest absolute Gasteiger partial charge is 0.335 e. The van der Waals surface area contributed by atoms with Crippen LogP contribution < -0.4 is 0 Å². The number of aromatic nitrogens is 2. The first-order valence-corrected chi connectivity index (χ1v) is 8.92. The van der Waals surface area contributed by atoms with Crippen LogP contribution in [0, 0.1) is 5.92 Å². The highest BCUT2D eigenvalue weighted by Gasteiger charge is 2.27. The maximum Gasteiger partial charge on any atom is 0.335 e. The quantitative estimate of drug-likeness (QED) is 0.772. The third-order valence-corrected chi connectivity index (χ3v) is 4.99. The molecule has 4 rings (SSSR count). The van der Waals surface area contributed by atoms with E-state index in [9.17, 15) is 9.59 Å². The molecule has 2 aromatic carbocycles. The molecule has 6 heteroatoms. The van der Waals surface area contributed by atoms with Crippen molar-refractivity contribution >= 4 is 22.9 Å². The maximum atomic E-state index is 12.8. The van der Waals surface area contributed by atoms with Crippen LogP contribution in [0.2, 0.25) is 0 Å². The van der Waals surface area contributed by atoms with Crippen molar-refractivity contribution in [2.24, 2.45) is 5.92 Å². The summed E-state index contributed by atoms with van der Waals surface area (Å²) in [5, 5.41) is 9.12. The molecule has 0 radical (unpaired) electrons. The van der Waals surface area contributed by atoms with E-state index in [0.29, 0.717) is 35.7 Å². The van der Waals surface area contributed by atoms with Crippen LogP contribution in [0.5, 0.6) is 0 Å². The summed E-state index contributed by atoms with van der Waals surface area (Å²) in [6.45, 7) is 1.38. The van der Waals surface area contributed by atoms with Crippen LogP contribution in [0.3, 0.4) is 0 Å². The van der Waals surface area contributed by atoms with Crippen molar-refractivity contribution < 1.29 is 14.7 Å². The molecule has 1 amide bonds. The summed E-state index contributed by atoms with van der Waals surface area (Å²) in [7, 11) is 0. The Balaban J connectivity index is 1.44. The van der Waals surface area contributed by atoms with E-state index in [-0.39, 0.29) is 5.91 Å². The molecule has 6 nitrogen and oxygen atoms in total. The third-order valence-electron chi connectivity index (χ3n) is 4.99. The Bertz CT molecular complexity index is 1020. The van der Waals surface area contributed by atoms with Gasteiger partial charge in [-0.2, -0.15) is 0 Å². The number of carboxylic acids is 1. The summed E-state index contributed by atoms with van der Waals surface area (Å²) < 4.78 is 0. The Hall–Kier alpha value is -3.28. The predicted molar refractivity (Wildman–Crippen MR) is 101 cm³/mol. The van der Waals surface area contributed by atoms with E-state index in [1.807, 2.05) is 17.0 Å². The molecule has 1 saturated heterocycles. The van der Waals surface area contributed by atoms with E-state index in [4.69, 9.17) is 5.11 Å². The predicted octanol–water partition coefficient (Wildman–Crippen LogP) is 3.03. The van der Waals surface area contributed by atoms with Gasteiger partial charge in [0, 0.05) is 31.0 Å². The lowest BCUT2D eigenvalue weighted by Gasteiger charge is -2.17. The minimum Gasteiger partial charge on any atom is -0.478 e. The summed E-state index contributed by atoms with van der Waals surface area (Å²) in [5.41, 5.74) is 3.40. The fourth-order valence-electron chi connectivity index (χ4n) is 3.63. The van der Waals surface area contributed by atoms with Gasteiger partial charge in [-0.25, -0.2) is 4.79 Å². The zero-order valence-electron chi connectivity index (χ0n) is 14.7. The lowest BCUT2D eigenvalue weighted by atomic mass is 9.97. The van der Waals surface area contributed by atoms with Crippen molar-refractivity contribution in [2.45, 2.75) is 12.8 Å². The molecule has 0 aliphatic carbocycles. The van der Waals surface area contributed by atoms with Gasteiger partial charge in [0.15, 0.2) is 0 Å². The van der Waals surface area contributed by atoms with Crippen LogP contribution in [0.1, 0.15) is 32.7 Å². The van der Waals surface area contributed by atoms with Crippen LogP contribution in [0.15, 0.2) is 54.9 Å². The highest BCUT2D eigenvalue weighted by Crippen LogP contribution is 2.23. The van der Waals surface area contributed by atoms with Gasteiger partial charge in [0.1, 0.15) is 0 Å². The minimum absolute atomic E-state index is 0.00402. The molecule has 1 unspecified atom stereocenters. The van der Waals surface area contributed by atoms with Gasteiger partial charge in [0.2, 0.25) is 0 Å². The molecule has 1 aliphatic heterocycles. The van der Waals surface area contributed by atoms with Crippen LogP contribution in [-0.4, -0.2) is 44.9 Å². The second-order valence-electron chi connectivity index (χ2n) is 6.88. The largest absolute Gasteiger partial charge is 0.478 e. The molecule has 1 aromatic heterocycles. The lowest BCUT2D eigenvalue weighted by Crippen LogP contribution is -2.29. The van der Waals surface area contributed by atoms with Crippen LogP contribution in [0.25, 0.3) is 11.0 Å². The number of hydrogen-bond acceptors (Lipinski definition) is 4. The number of fused-ring (bicyclic) bond motifs is 1. The molecular formula is C21H19N3O3. The van der Waals surface area contributed by atoms with Gasteiger partial charge >= 0.3 is 5.97 Å². The SMILES string of the molecule is O=C(O)c1cccc(CC2CCN(C(=O)c3ccc4nccnc4c3)C2)c1. The molecule has 0 spiro atoms. The average Bonchev–Trinajstić information content (AvgIpc) is 3.15. The molecule has 1 aliphatic rings. The molecule has 3 aromatic rings. The number of aromatic carboxylic acids is 1. The molecule has 1 N–H and O–H groups in total. The monoisotopic (exact) mass is 361 g/mol. The first-order valence-electron chi connectivity index (χ1n) is 8.92. The fraction of sp³-hybridized carbons (Fsp3) is 0.238. The Morgan fingerprint density at radius 1 is 1.04 bits per heavy atom. The van der Waals surface area contributed by atoms with Gasteiger partial charge in [0.05, 0.1) is 16.6 Å². The third kappa shape index (κ3) is 3.65. The summed E-state index contributed by atoms with van der Waals surface area (Å²) >= 11 is 0. The molecule has 1 atom stereocenters. The topological polar surface area (TPSA) is 83.4 Å². The van der Waals surface area contributed by atoms with Crippen molar-refractivity contribution in [3.8, 4) is 0 Å². The standard InChI is InChI=1S/C21H19N3O3/c25-20(16-4-5-18-19(12-16)23-8-7-22-18)24-9-6-15(13-24)10-14-2-1-3-17(11-14)21(26)27/h1-5,7-8,11-12,15H,6,9-10,13H2,(H,26,27). The molecule has 2 heterocycles. The van der Waals surface area contributed by atoms with Gasteiger partial charge in [0.25, 0.3) is 5.91 Å². The van der Waals surface area contributed by atoms with E-state index >= 15 is 0 Å². The molecule has 0 bridgehead atoms. The fourth-order valence-corrected chi connectivity index (χ4v) is 3.63. The maximum absolute atomic E-state index is 12.8.